The van der Waals surface area contributed by atoms with E-state index in [1.807, 2.05) is 45.0 Å². The van der Waals surface area contributed by atoms with Gasteiger partial charge in [-0.15, -0.1) is 0 Å². The van der Waals surface area contributed by atoms with Crippen LogP contribution in [0.3, 0.4) is 0 Å². The van der Waals surface area contributed by atoms with Crippen molar-refractivity contribution in [2.75, 3.05) is 6.54 Å². The zero-order valence-corrected chi connectivity index (χ0v) is 26.6. The van der Waals surface area contributed by atoms with Crippen LogP contribution >= 0.6 is 0 Å². The molecule has 0 fully saturated rings. The number of aliphatic imine (C=N–C) groups is 1. The number of para-hydroxylation sites is 1. The highest BCUT2D eigenvalue weighted by atomic mass is 16.3. The van der Waals surface area contributed by atoms with Crippen molar-refractivity contribution in [2.24, 2.45) is 28.1 Å². The summed E-state index contributed by atoms with van der Waals surface area (Å²) in [6.45, 7) is 6.02. The predicted octanol–water partition coefficient (Wildman–Crippen LogP) is 1.05. The maximum absolute atomic E-state index is 13.9. The Hall–Kier alpha value is -4.91. The molecule has 0 aliphatic rings. The first-order valence-electron chi connectivity index (χ1n) is 15.4. The molecule has 0 unspecified atom stereocenters. The molecule has 0 bridgehead atoms. The van der Waals surface area contributed by atoms with Gasteiger partial charge in [-0.05, 0) is 67.9 Å². The van der Waals surface area contributed by atoms with Crippen LogP contribution < -0.4 is 33.2 Å². The summed E-state index contributed by atoms with van der Waals surface area (Å²) in [7, 11) is 0. The normalized spacial score (nSPS) is 13.8. The fraction of sp³-hybridized carbons (Fsp3) is 0.424. The van der Waals surface area contributed by atoms with Gasteiger partial charge in [-0.25, -0.2) is 0 Å². The van der Waals surface area contributed by atoms with Crippen LogP contribution in [0.1, 0.15) is 49.9 Å². The number of aldehydes is 1. The second kappa shape index (κ2) is 17.0. The largest absolute Gasteiger partial charge is 0.508 e. The van der Waals surface area contributed by atoms with Crippen LogP contribution in [0.4, 0.5) is 0 Å². The Balaban J connectivity index is 1.81. The molecule has 3 rings (SSSR count). The third-order valence-electron chi connectivity index (χ3n) is 7.60. The molecule has 3 amide bonds. The van der Waals surface area contributed by atoms with E-state index >= 15 is 0 Å². The maximum atomic E-state index is 13.9. The van der Waals surface area contributed by atoms with E-state index in [9.17, 15) is 24.3 Å². The maximum Gasteiger partial charge on any atom is 0.243 e. The monoisotopic (exact) mass is 634 g/mol. The van der Waals surface area contributed by atoms with E-state index in [4.69, 9.17) is 17.2 Å². The number of carbonyl (C=O) groups excluding carboxylic acids is 4. The Kier molecular flexibility index (Phi) is 13.1. The summed E-state index contributed by atoms with van der Waals surface area (Å²) < 4.78 is 0. The zero-order valence-electron chi connectivity index (χ0n) is 26.6. The van der Waals surface area contributed by atoms with Crippen LogP contribution in [0.15, 0.2) is 53.5 Å². The third-order valence-corrected chi connectivity index (χ3v) is 7.60. The predicted molar refractivity (Wildman–Crippen MR) is 178 cm³/mol. The molecular weight excluding hydrogens is 588 g/mol. The number of aryl methyl sites for hydroxylation is 1. The van der Waals surface area contributed by atoms with E-state index in [0.29, 0.717) is 32.1 Å². The molecule has 3 aromatic rings. The number of benzene rings is 2. The minimum Gasteiger partial charge on any atom is -0.508 e. The number of amides is 3. The number of carbonyl (C=O) groups is 4. The molecule has 0 radical (unpaired) electrons. The van der Waals surface area contributed by atoms with Crippen molar-refractivity contribution in [3.63, 3.8) is 0 Å². The van der Waals surface area contributed by atoms with Crippen LogP contribution in [0, 0.1) is 12.8 Å². The van der Waals surface area contributed by atoms with Gasteiger partial charge >= 0.3 is 0 Å². The molecule has 4 atom stereocenters. The Morgan fingerprint density at radius 2 is 1.59 bits per heavy atom. The lowest BCUT2D eigenvalue weighted by Gasteiger charge is -2.26. The minimum absolute atomic E-state index is 0.0234. The van der Waals surface area contributed by atoms with Gasteiger partial charge in [0.1, 0.15) is 24.1 Å². The first kappa shape index (κ1) is 35.6. The van der Waals surface area contributed by atoms with Gasteiger partial charge in [-0.1, -0.05) is 44.2 Å². The van der Waals surface area contributed by atoms with Gasteiger partial charge in [-0.2, -0.15) is 0 Å². The number of phenols is 1. The highest BCUT2D eigenvalue weighted by Crippen LogP contribution is 2.23. The number of aromatic amines is 1. The van der Waals surface area contributed by atoms with Crippen molar-refractivity contribution in [1.29, 1.82) is 0 Å². The van der Waals surface area contributed by atoms with Gasteiger partial charge in [0.05, 0.1) is 12.1 Å². The summed E-state index contributed by atoms with van der Waals surface area (Å²) in [5, 5.41) is 18.8. The highest BCUT2D eigenvalue weighted by molar-refractivity contribution is 5.94. The van der Waals surface area contributed by atoms with E-state index in [1.165, 1.54) is 12.1 Å². The summed E-state index contributed by atoms with van der Waals surface area (Å²) in [4.78, 5) is 59.6. The first-order valence-corrected chi connectivity index (χ1v) is 15.4. The van der Waals surface area contributed by atoms with Crippen LogP contribution in [-0.4, -0.2) is 70.8 Å². The standard InChI is InChI=1S/C33H46N8O5/c1-19(2)15-28(31(45)39-22(18-42)7-6-14-37-33(35)36)41-32(46)29(17-25-20(3)38-27-9-5-4-8-24(25)27)40-30(44)26(34)16-21-10-12-23(43)13-11-21/h4-5,8-13,18-19,22,26,28-29,38,43H,6-7,14-17,34H2,1-3H3,(H,39,45)(H,40,44)(H,41,46)(H4,35,36,37)/t22-,26-,28-,29+/m0/s1. The molecule has 0 saturated heterocycles. The van der Waals surface area contributed by atoms with Crippen LogP contribution in [0.25, 0.3) is 10.9 Å². The molecule has 46 heavy (non-hydrogen) atoms. The Morgan fingerprint density at radius 1 is 0.935 bits per heavy atom. The second-order valence-corrected chi connectivity index (χ2v) is 11.9. The first-order chi connectivity index (χ1) is 21.9. The number of H-pyrrole nitrogens is 1. The molecule has 0 spiro atoms. The van der Waals surface area contributed by atoms with Crippen molar-refractivity contribution in [2.45, 2.75) is 77.0 Å². The fourth-order valence-electron chi connectivity index (χ4n) is 5.22. The summed E-state index contributed by atoms with van der Waals surface area (Å²) >= 11 is 0. The number of nitrogens with one attached hydrogen (secondary N) is 4. The summed E-state index contributed by atoms with van der Waals surface area (Å²) in [6, 6.07) is 10.2. The Labute approximate surface area is 268 Å². The number of fused-ring (bicyclic) bond motifs is 1. The van der Waals surface area contributed by atoms with E-state index in [1.54, 1.807) is 12.1 Å². The number of hydrogen-bond donors (Lipinski definition) is 8. The molecular formula is C33H46N8O5. The van der Waals surface area contributed by atoms with Gasteiger partial charge in [0.2, 0.25) is 17.7 Å². The Bertz CT molecular complexity index is 1510. The number of nitrogens with zero attached hydrogens (tertiary/aromatic N) is 1. The van der Waals surface area contributed by atoms with Gasteiger partial charge in [0, 0.05) is 29.6 Å². The van der Waals surface area contributed by atoms with Crippen molar-refractivity contribution >= 4 is 40.9 Å². The van der Waals surface area contributed by atoms with Gasteiger partial charge < -0.3 is 48.0 Å². The molecule has 248 valence electrons. The molecule has 0 aliphatic heterocycles. The molecule has 0 aliphatic carbocycles. The number of guanidine groups is 1. The van der Waals surface area contributed by atoms with Gasteiger partial charge in [0.25, 0.3) is 0 Å². The molecule has 13 nitrogen and oxygen atoms in total. The van der Waals surface area contributed by atoms with Gasteiger partial charge in [-0.3, -0.25) is 19.4 Å². The van der Waals surface area contributed by atoms with Crippen molar-refractivity contribution in [1.82, 2.24) is 20.9 Å². The number of hydrogen-bond acceptors (Lipinski definition) is 7. The minimum atomic E-state index is -1.07. The van der Waals surface area contributed by atoms with E-state index in [2.05, 4.69) is 25.9 Å². The Morgan fingerprint density at radius 3 is 2.24 bits per heavy atom. The quantitative estimate of drug-likeness (QED) is 0.0462. The van der Waals surface area contributed by atoms with E-state index in [-0.39, 0.29) is 30.5 Å². The SMILES string of the molecule is Cc1[nH]c2ccccc2c1C[C@@H](NC(=O)[C@@H](N)Cc1ccc(O)cc1)C(=O)N[C@@H](CC(C)C)C(=O)N[C@H](C=O)CCCN=C(N)N. The van der Waals surface area contributed by atoms with Crippen LogP contribution in [-0.2, 0) is 32.0 Å². The number of aromatic hydroxyl groups is 1. The molecule has 2 aromatic carbocycles. The molecule has 1 heterocycles. The number of aromatic nitrogens is 1. The summed E-state index contributed by atoms with van der Waals surface area (Å²) in [5.41, 5.74) is 20.3. The smallest absolute Gasteiger partial charge is 0.243 e. The summed E-state index contributed by atoms with van der Waals surface area (Å²) in [5.74, 6) is -1.56. The van der Waals surface area contributed by atoms with Gasteiger partial charge in [0.15, 0.2) is 5.96 Å². The number of phenolic OH excluding ortho intramolecular Hbond substituents is 1. The lowest BCUT2D eigenvalue weighted by atomic mass is 9.98. The van der Waals surface area contributed by atoms with E-state index < -0.39 is 41.9 Å². The van der Waals surface area contributed by atoms with Crippen molar-refractivity contribution in [3.05, 3.63) is 65.4 Å². The number of rotatable bonds is 17. The van der Waals surface area contributed by atoms with Crippen LogP contribution in [0.5, 0.6) is 5.75 Å². The van der Waals surface area contributed by atoms with Crippen LogP contribution in [0.2, 0.25) is 0 Å². The highest BCUT2D eigenvalue weighted by Gasteiger charge is 2.30. The second-order valence-electron chi connectivity index (χ2n) is 11.9. The lowest BCUT2D eigenvalue weighted by Crippen LogP contribution is -2.57. The average Bonchev–Trinajstić information content (AvgIpc) is 3.32. The zero-order chi connectivity index (χ0) is 33.8. The topological polar surface area (TPSA) is 231 Å². The third kappa shape index (κ3) is 10.6. The molecule has 13 heteroatoms. The van der Waals surface area contributed by atoms with Crippen molar-refractivity contribution < 1.29 is 24.3 Å². The molecule has 0 saturated carbocycles. The molecule has 11 N–H and O–H groups in total. The number of nitrogens with two attached hydrogens (primary N) is 3. The molecule has 1 aromatic heterocycles. The average molecular weight is 635 g/mol. The fourth-order valence-corrected chi connectivity index (χ4v) is 5.22. The van der Waals surface area contributed by atoms with E-state index in [0.717, 1.165) is 27.7 Å². The van der Waals surface area contributed by atoms with Crippen molar-refractivity contribution in [3.8, 4) is 5.75 Å². The summed E-state index contributed by atoms with van der Waals surface area (Å²) in [6.07, 6.45) is 2.03. The lowest BCUT2D eigenvalue weighted by molar-refractivity contribution is -0.133.